The molecule has 3 heteroatoms. The van der Waals surface area contributed by atoms with Crippen LogP contribution in [0.4, 0.5) is 5.69 Å². The van der Waals surface area contributed by atoms with E-state index in [0.717, 1.165) is 24.1 Å². The Kier molecular flexibility index (Phi) is 5.01. The van der Waals surface area contributed by atoms with E-state index >= 15 is 0 Å². The summed E-state index contributed by atoms with van der Waals surface area (Å²) in [5.74, 6) is -0.661. The average Bonchev–Trinajstić information content (AvgIpc) is 2.27. The number of anilines is 1. The summed E-state index contributed by atoms with van der Waals surface area (Å²) in [5, 5.41) is 12.4. The minimum atomic E-state index is -0.783. The smallest absolute Gasteiger partial charge is 0.326 e. The summed E-state index contributed by atoms with van der Waals surface area (Å²) < 4.78 is 0. The van der Waals surface area contributed by atoms with Crippen LogP contribution in [0.5, 0.6) is 0 Å². The Hall–Kier alpha value is -1.51. The Morgan fingerprint density at radius 1 is 1.41 bits per heavy atom. The highest BCUT2D eigenvalue weighted by Crippen LogP contribution is 2.19. The van der Waals surface area contributed by atoms with Crippen LogP contribution in [0, 0.1) is 12.8 Å². The first-order chi connectivity index (χ1) is 8.06. The quantitative estimate of drug-likeness (QED) is 0.795. The van der Waals surface area contributed by atoms with Gasteiger partial charge in [-0.05, 0) is 30.9 Å². The van der Waals surface area contributed by atoms with E-state index in [1.54, 1.807) is 0 Å². The zero-order valence-electron chi connectivity index (χ0n) is 10.7. The molecule has 1 aromatic rings. The van der Waals surface area contributed by atoms with Crippen molar-refractivity contribution in [2.24, 2.45) is 5.92 Å². The summed E-state index contributed by atoms with van der Waals surface area (Å²) in [5.41, 5.74) is 1.98. The van der Waals surface area contributed by atoms with Gasteiger partial charge >= 0.3 is 5.97 Å². The number of carboxylic acid groups (broad SMARTS) is 1. The van der Waals surface area contributed by atoms with Gasteiger partial charge in [-0.15, -0.1) is 0 Å². The molecule has 0 radical (unpaired) electrons. The number of hydrogen-bond donors (Lipinski definition) is 2. The molecule has 0 saturated carbocycles. The predicted octanol–water partition coefficient (Wildman–Crippen LogP) is 3.30. The van der Waals surface area contributed by atoms with Gasteiger partial charge in [-0.2, -0.15) is 0 Å². The highest BCUT2D eigenvalue weighted by molar-refractivity contribution is 5.78. The van der Waals surface area contributed by atoms with Gasteiger partial charge in [0.2, 0.25) is 0 Å². The van der Waals surface area contributed by atoms with Gasteiger partial charge in [-0.1, -0.05) is 38.5 Å². The first kappa shape index (κ1) is 13.6. The number of carboxylic acids is 1. The lowest BCUT2D eigenvalue weighted by atomic mass is 9.96. The van der Waals surface area contributed by atoms with E-state index in [1.165, 1.54) is 0 Å². The van der Waals surface area contributed by atoms with Crippen LogP contribution in [0.2, 0.25) is 0 Å². The summed E-state index contributed by atoms with van der Waals surface area (Å²) in [6.45, 7) is 6.03. The second-order valence-corrected chi connectivity index (χ2v) is 4.54. The number of aliphatic carboxylic acids is 1. The first-order valence-corrected chi connectivity index (χ1v) is 6.11. The Bertz CT molecular complexity index is 376. The molecular formula is C14H21NO2. The highest BCUT2D eigenvalue weighted by atomic mass is 16.4. The van der Waals surface area contributed by atoms with Crippen molar-refractivity contribution in [2.75, 3.05) is 5.32 Å². The van der Waals surface area contributed by atoms with E-state index in [9.17, 15) is 9.90 Å². The molecule has 2 N–H and O–H groups in total. The van der Waals surface area contributed by atoms with Crippen LogP contribution in [0.3, 0.4) is 0 Å². The van der Waals surface area contributed by atoms with Crippen LogP contribution in [0.1, 0.15) is 32.3 Å². The van der Waals surface area contributed by atoms with Gasteiger partial charge in [0.1, 0.15) is 6.04 Å². The first-order valence-electron chi connectivity index (χ1n) is 6.11. The van der Waals surface area contributed by atoms with Gasteiger partial charge in [-0.3, -0.25) is 0 Å². The van der Waals surface area contributed by atoms with Crippen LogP contribution in [-0.4, -0.2) is 17.1 Å². The minimum Gasteiger partial charge on any atom is -0.480 e. The van der Waals surface area contributed by atoms with Crippen LogP contribution in [0.25, 0.3) is 0 Å². The van der Waals surface area contributed by atoms with Crippen molar-refractivity contribution in [1.82, 2.24) is 0 Å². The lowest BCUT2D eigenvalue weighted by molar-refractivity contribution is -0.139. The molecule has 0 amide bonds. The largest absolute Gasteiger partial charge is 0.480 e. The molecule has 0 aliphatic carbocycles. The van der Waals surface area contributed by atoms with Gasteiger partial charge in [0.15, 0.2) is 0 Å². The summed E-state index contributed by atoms with van der Waals surface area (Å²) >= 11 is 0. The molecule has 3 nitrogen and oxygen atoms in total. The number of rotatable bonds is 6. The molecule has 0 aromatic heterocycles. The Morgan fingerprint density at radius 3 is 2.59 bits per heavy atom. The predicted molar refractivity (Wildman–Crippen MR) is 70.3 cm³/mol. The van der Waals surface area contributed by atoms with Gasteiger partial charge < -0.3 is 10.4 Å². The number of aryl methyl sites for hydroxylation is 1. The fraction of sp³-hybridized carbons (Fsp3) is 0.500. The van der Waals surface area contributed by atoms with Gasteiger partial charge in [0.05, 0.1) is 0 Å². The molecule has 1 rings (SSSR count). The zero-order chi connectivity index (χ0) is 12.8. The Morgan fingerprint density at radius 2 is 2.06 bits per heavy atom. The molecule has 0 aliphatic heterocycles. The molecule has 0 aliphatic rings. The molecule has 94 valence electrons. The van der Waals surface area contributed by atoms with Gasteiger partial charge in [0.25, 0.3) is 0 Å². The van der Waals surface area contributed by atoms with E-state index in [4.69, 9.17) is 0 Å². The number of hydrogen-bond acceptors (Lipinski definition) is 2. The van der Waals surface area contributed by atoms with Crippen LogP contribution >= 0.6 is 0 Å². The van der Waals surface area contributed by atoms with Crippen molar-refractivity contribution in [3.05, 3.63) is 29.8 Å². The molecular weight excluding hydrogens is 214 g/mol. The van der Waals surface area contributed by atoms with Crippen molar-refractivity contribution >= 4 is 11.7 Å². The maximum absolute atomic E-state index is 11.3. The van der Waals surface area contributed by atoms with Gasteiger partial charge in [0, 0.05) is 5.69 Å². The monoisotopic (exact) mass is 235 g/mol. The topological polar surface area (TPSA) is 49.3 Å². The number of benzene rings is 1. The highest BCUT2D eigenvalue weighted by Gasteiger charge is 2.24. The van der Waals surface area contributed by atoms with Crippen molar-refractivity contribution in [1.29, 1.82) is 0 Å². The molecule has 0 heterocycles. The Labute approximate surface area is 103 Å². The van der Waals surface area contributed by atoms with E-state index in [2.05, 4.69) is 12.2 Å². The van der Waals surface area contributed by atoms with Crippen molar-refractivity contribution in [2.45, 2.75) is 39.7 Å². The second-order valence-electron chi connectivity index (χ2n) is 4.54. The summed E-state index contributed by atoms with van der Waals surface area (Å²) in [6.07, 6.45) is 1.91. The third-order valence-electron chi connectivity index (χ3n) is 3.04. The van der Waals surface area contributed by atoms with Crippen molar-refractivity contribution in [3.8, 4) is 0 Å². The average molecular weight is 235 g/mol. The summed E-state index contributed by atoms with van der Waals surface area (Å²) in [6, 6.07) is 7.25. The lowest BCUT2D eigenvalue weighted by Gasteiger charge is -2.23. The number of para-hydroxylation sites is 1. The lowest BCUT2D eigenvalue weighted by Crippen LogP contribution is -2.35. The van der Waals surface area contributed by atoms with Crippen molar-refractivity contribution in [3.63, 3.8) is 0 Å². The maximum Gasteiger partial charge on any atom is 0.326 e. The number of carbonyl (C=O) groups is 1. The van der Waals surface area contributed by atoms with Gasteiger partial charge in [-0.25, -0.2) is 4.79 Å². The zero-order valence-corrected chi connectivity index (χ0v) is 10.7. The molecule has 2 unspecified atom stereocenters. The molecule has 0 spiro atoms. The molecule has 1 aromatic carbocycles. The summed E-state index contributed by atoms with van der Waals surface area (Å²) in [4.78, 5) is 11.3. The third kappa shape index (κ3) is 3.77. The normalized spacial score (nSPS) is 14.1. The molecule has 0 saturated heterocycles. The van der Waals surface area contributed by atoms with Crippen LogP contribution in [0.15, 0.2) is 24.3 Å². The molecule has 17 heavy (non-hydrogen) atoms. The third-order valence-corrected chi connectivity index (χ3v) is 3.04. The van der Waals surface area contributed by atoms with E-state index < -0.39 is 12.0 Å². The Balaban J connectivity index is 2.80. The molecule has 0 bridgehead atoms. The van der Waals surface area contributed by atoms with Crippen LogP contribution in [-0.2, 0) is 4.79 Å². The summed E-state index contributed by atoms with van der Waals surface area (Å²) in [7, 11) is 0. The fourth-order valence-electron chi connectivity index (χ4n) is 1.97. The molecule has 0 fully saturated rings. The van der Waals surface area contributed by atoms with E-state index in [-0.39, 0.29) is 5.92 Å². The van der Waals surface area contributed by atoms with Crippen LogP contribution < -0.4 is 5.32 Å². The van der Waals surface area contributed by atoms with E-state index in [1.807, 2.05) is 38.1 Å². The second kappa shape index (κ2) is 6.28. The fourth-order valence-corrected chi connectivity index (χ4v) is 1.97. The number of nitrogens with one attached hydrogen (secondary N) is 1. The minimum absolute atomic E-state index is 0.122. The standard InChI is InChI=1S/C14H21NO2/c1-4-7-11(3)13(14(16)17)15-12-9-6-5-8-10(12)2/h5-6,8-9,11,13,15H,4,7H2,1-3H3,(H,16,17). The van der Waals surface area contributed by atoms with E-state index in [0.29, 0.717) is 0 Å². The maximum atomic E-state index is 11.3. The van der Waals surface area contributed by atoms with Crippen molar-refractivity contribution < 1.29 is 9.90 Å². The SMILES string of the molecule is CCCC(C)C(Nc1ccccc1C)C(=O)O. The molecule has 2 atom stereocenters.